The summed E-state index contributed by atoms with van der Waals surface area (Å²) in [7, 11) is 1.58. The predicted octanol–water partition coefficient (Wildman–Crippen LogP) is 3.98. The Morgan fingerprint density at radius 1 is 1.30 bits per heavy atom. The smallest absolute Gasteiger partial charge is 0.271 e. The number of non-ortho nitro benzene ring substituents is 1. The molecular weight excluding hydrogens is 256 g/mol. The zero-order valence-electron chi connectivity index (χ0n) is 12.1. The van der Waals surface area contributed by atoms with E-state index in [0.717, 1.165) is 24.4 Å². The van der Waals surface area contributed by atoms with Gasteiger partial charge in [0.05, 0.1) is 17.7 Å². The average Bonchev–Trinajstić information content (AvgIpc) is 2.63. The molecule has 0 aliphatic heterocycles. The number of hydrogen-bond donors (Lipinski definition) is 1. The van der Waals surface area contributed by atoms with E-state index in [-0.39, 0.29) is 10.6 Å². The third-order valence-electron chi connectivity index (χ3n) is 4.01. The molecule has 0 spiro atoms. The van der Waals surface area contributed by atoms with Gasteiger partial charge in [-0.05, 0) is 31.2 Å². The van der Waals surface area contributed by atoms with Crippen molar-refractivity contribution in [3.8, 4) is 5.75 Å². The largest absolute Gasteiger partial charge is 0.495 e. The van der Waals surface area contributed by atoms with E-state index in [1.54, 1.807) is 19.2 Å². The van der Waals surface area contributed by atoms with Crippen molar-refractivity contribution in [1.82, 2.24) is 0 Å². The molecule has 20 heavy (non-hydrogen) atoms. The van der Waals surface area contributed by atoms with E-state index in [0.29, 0.717) is 11.8 Å². The summed E-state index contributed by atoms with van der Waals surface area (Å²) in [6, 6.07) is 5.06. The maximum absolute atomic E-state index is 10.9. The Balaban J connectivity index is 2.14. The van der Waals surface area contributed by atoms with Gasteiger partial charge in [-0.3, -0.25) is 10.1 Å². The minimum absolute atomic E-state index is 0.0929. The highest BCUT2D eigenvalue weighted by Crippen LogP contribution is 2.32. The Morgan fingerprint density at radius 2 is 2.10 bits per heavy atom. The summed E-state index contributed by atoms with van der Waals surface area (Å²) in [6.45, 7) is 2.29. The number of nitrogens with one attached hydrogen (secondary N) is 1. The quantitative estimate of drug-likeness (QED) is 0.514. The summed E-state index contributed by atoms with van der Waals surface area (Å²) in [5, 5.41) is 14.3. The molecule has 5 heteroatoms. The van der Waals surface area contributed by atoms with E-state index in [2.05, 4.69) is 12.2 Å². The van der Waals surface area contributed by atoms with Crippen molar-refractivity contribution < 1.29 is 9.66 Å². The molecule has 0 aromatic heterocycles. The minimum Gasteiger partial charge on any atom is -0.495 e. The Morgan fingerprint density at radius 3 is 2.80 bits per heavy atom. The molecule has 0 bridgehead atoms. The third kappa shape index (κ3) is 3.62. The number of hydrogen-bond acceptors (Lipinski definition) is 4. The van der Waals surface area contributed by atoms with Crippen LogP contribution in [0.5, 0.6) is 5.75 Å². The number of anilines is 1. The first-order valence-corrected chi connectivity index (χ1v) is 7.19. The highest BCUT2D eigenvalue weighted by molar-refractivity contribution is 5.62. The second kappa shape index (κ2) is 6.59. The summed E-state index contributed by atoms with van der Waals surface area (Å²) in [5.41, 5.74) is 0.816. The van der Waals surface area contributed by atoms with Crippen LogP contribution in [0.4, 0.5) is 11.4 Å². The summed E-state index contributed by atoms with van der Waals surface area (Å²) in [6.07, 6.45) is 5.89. The molecule has 1 aromatic rings. The van der Waals surface area contributed by atoms with Gasteiger partial charge in [-0.1, -0.05) is 19.8 Å². The summed E-state index contributed by atoms with van der Waals surface area (Å²) in [4.78, 5) is 10.5. The third-order valence-corrected chi connectivity index (χ3v) is 4.01. The van der Waals surface area contributed by atoms with Crippen molar-refractivity contribution in [3.63, 3.8) is 0 Å². The Hall–Kier alpha value is -1.78. The van der Waals surface area contributed by atoms with Crippen LogP contribution < -0.4 is 10.1 Å². The molecule has 1 aliphatic carbocycles. The summed E-state index contributed by atoms with van der Waals surface area (Å²) < 4.78 is 5.29. The minimum atomic E-state index is -0.375. The fourth-order valence-corrected chi connectivity index (χ4v) is 2.77. The number of nitro benzene ring substituents is 1. The monoisotopic (exact) mass is 278 g/mol. The van der Waals surface area contributed by atoms with Crippen LogP contribution in [0, 0.1) is 16.0 Å². The van der Waals surface area contributed by atoms with Gasteiger partial charge < -0.3 is 10.1 Å². The molecule has 0 amide bonds. The molecule has 2 atom stereocenters. The molecule has 0 saturated heterocycles. The van der Waals surface area contributed by atoms with Gasteiger partial charge in [0, 0.05) is 18.2 Å². The Bertz CT molecular complexity index is 476. The van der Waals surface area contributed by atoms with Crippen LogP contribution >= 0.6 is 0 Å². The number of methoxy groups -OCH3 is 1. The fourth-order valence-electron chi connectivity index (χ4n) is 2.77. The Labute approximate surface area is 119 Å². The first-order chi connectivity index (χ1) is 9.60. The lowest BCUT2D eigenvalue weighted by atomic mass is 10.0. The van der Waals surface area contributed by atoms with Gasteiger partial charge in [0.15, 0.2) is 0 Å². The van der Waals surface area contributed by atoms with Crippen molar-refractivity contribution in [1.29, 1.82) is 0 Å². The van der Waals surface area contributed by atoms with Gasteiger partial charge in [0.25, 0.3) is 5.69 Å². The maximum atomic E-state index is 10.9. The zero-order valence-corrected chi connectivity index (χ0v) is 12.1. The van der Waals surface area contributed by atoms with Crippen LogP contribution in [-0.4, -0.2) is 18.1 Å². The van der Waals surface area contributed by atoms with E-state index in [4.69, 9.17) is 4.74 Å². The summed E-state index contributed by atoms with van der Waals surface area (Å²) in [5.74, 6) is 1.43. The van der Waals surface area contributed by atoms with E-state index < -0.39 is 0 Å². The van der Waals surface area contributed by atoms with Crippen molar-refractivity contribution >= 4 is 11.4 Å². The predicted molar refractivity (Wildman–Crippen MR) is 79.3 cm³/mol. The van der Waals surface area contributed by atoms with Crippen molar-refractivity contribution in [2.75, 3.05) is 12.4 Å². The zero-order chi connectivity index (χ0) is 14.5. The SMILES string of the molecule is COc1ccc([N+](=O)[O-])cc1NC1CCCC(C)CC1. The van der Waals surface area contributed by atoms with Gasteiger partial charge in [0.1, 0.15) is 5.75 Å². The van der Waals surface area contributed by atoms with Crippen molar-refractivity contribution in [2.45, 2.75) is 45.1 Å². The highest BCUT2D eigenvalue weighted by atomic mass is 16.6. The fraction of sp³-hybridized carbons (Fsp3) is 0.600. The number of ether oxygens (including phenoxy) is 1. The second-order valence-electron chi connectivity index (χ2n) is 5.60. The lowest BCUT2D eigenvalue weighted by molar-refractivity contribution is -0.384. The van der Waals surface area contributed by atoms with Crippen LogP contribution in [0.15, 0.2) is 18.2 Å². The van der Waals surface area contributed by atoms with Crippen molar-refractivity contribution in [2.24, 2.45) is 5.92 Å². The second-order valence-corrected chi connectivity index (χ2v) is 5.60. The molecule has 1 N–H and O–H groups in total. The first-order valence-electron chi connectivity index (χ1n) is 7.19. The van der Waals surface area contributed by atoms with E-state index in [1.165, 1.54) is 25.3 Å². The molecule has 5 nitrogen and oxygen atoms in total. The molecule has 0 radical (unpaired) electrons. The van der Waals surface area contributed by atoms with Crippen LogP contribution in [0.25, 0.3) is 0 Å². The number of nitro groups is 1. The average molecular weight is 278 g/mol. The molecule has 2 rings (SSSR count). The molecule has 110 valence electrons. The molecule has 1 saturated carbocycles. The van der Waals surface area contributed by atoms with Crippen LogP contribution in [-0.2, 0) is 0 Å². The number of rotatable bonds is 4. The van der Waals surface area contributed by atoms with Gasteiger partial charge >= 0.3 is 0 Å². The van der Waals surface area contributed by atoms with Gasteiger partial charge in [-0.2, -0.15) is 0 Å². The number of nitrogens with zero attached hydrogens (tertiary/aromatic N) is 1. The molecular formula is C15H22N2O3. The lowest BCUT2D eigenvalue weighted by Gasteiger charge is -2.19. The van der Waals surface area contributed by atoms with Gasteiger partial charge in [0.2, 0.25) is 0 Å². The Kier molecular flexibility index (Phi) is 4.82. The van der Waals surface area contributed by atoms with E-state index in [1.807, 2.05) is 0 Å². The van der Waals surface area contributed by atoms with Gasteiger partial charge in [-0.25, -0.2) is 0 Å². The van der Waals surface area contributed by atoms with E-state index >= 15 is 0 Å². The summed E-state index contributed by atoms with van der Waals surface area (Å²) >= 11 is 0. The number of benzene rings is 1. The maximum Gasteiger partial charge on any atom is 0.271 e. The standard InChI is InChI=1S/C15H22N2O3/c1-11-4-3-5-12(7-6-11)16-14-10-13(17(18)19)8-9-15(14)20-2/h8-12,16H,3-7H2,1-2H3. The van der Waals surface area contributed by atoms with Gasteiger partial charge in [-0.15, -0.1) is 0 Å². The molecule has 2 unspecified atom stereocenters. The van der Waals surface area contributed by atoms with Crippen LogP contribution in [0.2, 0.25) is 0 Å². The first kappa shape index (κ1) is 14.6. The highest BCUT2D eigenvalue weighted by Gasteiger charge is 2.18. The molecule has 1 fully saturated rings. The van der Waals surface area contributed by atoms with E-state index in [9.17, 15) is 10.1 Å². The molecule has 1 aromatic carbocycles. The van der Waals surface area contributed by atoms with Crippen molar-refractivity contribution in [3.05, 3.63) is 28.3 Å². The molecule has 1 aliphatic rings. The normalized spacial score (nSPS) is 22.9. The van der Waals surface area contributed by atoms with Crippen LogP contribution in [0.1, 0.15) is 39.0 Å². The topological polar surface area (TPSA) is 64.4 Å². The van der Waals surface area contributed by atoms with Crippen LogP contribution in [0.3, 0.4) is 0 Å². The lowest BCUT2D eigenvalue weighted by Crippen LogP contribution is -2.19. The molecule has 0 heterocycles.